The molecule has 0 aromatic heterocycles. The van der Waals surface area contributed by atoms with Crippen LogP contribution in [0, 0.1) is 10.1 Å². The molecule has 0 aliphatic rings. The van der Waals surface area contributed by atoms with Gasteiger partial charge in [0, 0.05) is 18.4 Å². The Labute approximate surface area is 109 Å². The molecule has 0 fully saturated rings. The van der Waals surface area contributed by atoms with E-state index in [4.69, 9.17) is 4.74 Å². The van der Waals surface area contributed by atoms with Gasteiger partial charge >= 0.3 is 5.97 Å². The Morgan fingerprint density at radius 3 is 2.58 bits per heavy atom. The monoisotopic (exact) mass is 285 g/mol. The molecule has 102 valence electrons. The van der Waals surface area contributed by atoms with Crippen LogP contribution < -0.4 is 0 Å². The van der Waals surface area contributed by atoms with Crippen LogP contribution >= 0.6 is 0 Å². The van der Waals surface area contributed by atoms with Crippen LogP contribution in [0.4, 0.5) is 5.69 Å². The summed E-state index contributed by atoms with van der Waals surface area (Å²) in [5.41, 5.74) is -0.690. The molecule has 0 heterocycles. The summed E-state index contributed by atoms with van der Waals surface area (Å²) in [5.74, 6) is -0.853. The van der Waals surface area contributed by atoms with Crippen molar-refractivity contribution in [1.29, 1.82) is 0 Å². The molecule has 0 saturated carbocycles. The van der Waals surface area contributed by atoms with Crippen molar-refractivity contribution in [1.82, 2.24) is 0 Å². The molecule has 0 bridgehead atoms. The van der Waals surface area contributed by atoms with Gasteiger partial charge < -0.3 is 4.74 Å². The lowest BCUT2D eigenvalue weighted by Crippen LogP contribution is -2.08. The number of sulfone groups is 1. The van der Waals surface area contributed by atoms with Crippen molar-refractivity contribution >= 4 is 21.5 Å². The summed E-state index contributed by atoms with van der Waals surface area (Å²) in [6.45, 7) is 3.27. The van der Waals surface area contributed by atoms with E-state index in [1.54, 1.807) is 0 Å². The normalized spacial score (nSPS) is 10.8. The Morgan fingerprint density at radius 1 is 1.47 bits per heavy atom. The molecule has 1 rings (SSSR count). The van der Waals surface area contributed by atoms with E-state index in [1.807, 2.05) is 0 Å². The van der Waals surface area contributed by atoms with Gasteiger partial charge in [0.25, 0.3) is 5.69 Å². The molecule has 0 atom stereocenters. The summed E-state index contributed by atoms with van der Waals surface area (Å²) in [6, 6.07) is 2.88. The Kier molecular flexibility index (Phi) is 4.38. The molecule has 1 aromatic carbocycles. The highest BCUT2D eigenvalue weighted by atomic mass is 32.2. The average molecular weight is 285 g/mol. The number of nitro benzene ring substituents is 1. The molecule has 0 aliphatic heterocycles. The minimum atomic E-state index is -3.67. The summed E-state index contributed by atoms with van der Waals surface area (Å²) in [7, 11) is -3.67. The molecule has 8 heteroatoms. The number of hydrogen-bond donors (Lipinski definition) is 0. The number of esters is 1. The zero-order chi connectivity index (χ0) is 14.6. The number of nitrogens with zero attached hydrogens (tertiary/aromatic N) is 1. The highest BCUT2D eigenvalue weighted by molar-refractivity contribution is 7.90. The predicted molar refractivity (Wildman–Crippen MR) is 66.7 cm³/mol. The van der Waals surface area contributed by atoms with E-state index in [0.29, 0.717) is 0 Å². The molecule has 0 amide bonds. The lowest BCUT2D eigenvalue weighted by Gasteiger charge is -2.04. The molecule has 0 unspecified atom stereocenters. The maximum atomic E-state index is 11.6. The minimum Gasteiger partial charge on any atom is -0.458 e. The fourth-order valence-electron chi connectivity index (χ4n) is 1.24. The highest BCUT2D eigenvalue weighted by Gasteiger charge is 2.19. The van der Waals surface area contributed by atoms with Gasteiger partial charge in [-0.2, -0.15) is 0 Å². The first-order valence-electron chi connectivity index (χ1n) is 5.03. The maximum Gasteiger partial charge on any atom is 0.338 e. The molecule has 0 aliphatic carbocycles. The number of non-ortho nitro benzene ring substituents is 1. The molecular weight excluding hydrogens is 274 g/mol. The summed E-state index contributed by atoms with van der Waals surface area (Å²) >= 11 is 0. The number of rotatable bonds is 5. The fourth-order valence-corrected chi connectivity index (χ4v) is 1.91. The lowest BCUT2D eigenvalue weighted by molar-refractivity contribution is -0.385. The van der Waals surface area contributed by atoms with Gasteiger partial charge in [-0.3, -0.25) is 10.1 Å². The van der Waals surface area contributed by atoms with Crippen LogP contribution in [0.25, 0.3) is 0 Å². The van der Waals surface area contributed by atoms with Crippen molar-refractivity contribution < 1.29 is 22.9 Å². The fraction of sp³-hybridized carbons (Fsp3) is 0.182. The van der Waals surface area contributed by atoms with Crippen molar-refractivity contribution in [3.8, 4) is 0 Å². The zero-order valence-electron chi connectivity index (χ0n) is 10.0. The lowest BCUT2D eigenvalue weighted by atomic mass is 10.2. The molecular formula is C11H11NO6S. The van der Waals surface area contributed by atoms with E-state index in [-0.39, 0.29) is 17.1 Å². The smallest absolute Gasteiger partial charge is 0.338 e. The Balaban J connectivity index is 3.32. The van der Waals surface area contributed by atoms with Crippen LogP contribution in [0.15, 0.2) is 35.7 Å². The van der Waals surface area contributed by atoms with E-state index in [9.17, 15) is 23.3 Å². The summed E-state index contributed by atoms with van der Waals surface area (Å²) in [5, 5.41) is 10.7. The van der Waals surface area contributed by atoms with Crippen molar-refractivity contribution in [2.45, 2.75) is 4.90 Å². The van der Waals surface area contributed by atoms with Gasteiger partial charge in [-0.15, -0.1) is 0 Å². The van der Waals surface area contributed by atoms with Crippen LogP contribution in [-0.2, 0) is 14.6 Å². The number of ether oxygens (including phenoxy) is 1. The second-order valence-corrected chi connectivity index (χ2v) is 5.65. The highest BCUT2D eigenvalue weighted by Crippen LogP contribution is 2.21. The van der Waals surface area contributed by atoms with Crippen LogP contribution in [0.2, 0.25) is 0 Å². The quantitative estimate of drug-likeness (QED) is 0.350. The first-order chi connectivity index (χ1) is 8.75. The number of carbonyl (C=O) groups is 1. The van der Waals surface area contributed by atoms with E-state index >= 15 is 0 Å². The molecule has 0 radical (unpaired) electrons. The van der Waals surface area contributed by atoms with Crippen molar-refractivity contribution in [3.05, 3.63) is 46.5 Å². The minimum absolute atomic E-state index is 0.0737. The number of carbonyl (C=O) groups excluding carboxylic acids is 1. The van der Waals surface area contributed by atoms with Gasteiger partial charge in [0.05, 0.1) is 15.4 Å². The Morgan fingerprint density at radius 2 is 2.11 bits per heavy atom. The third kappa shape index (κ3) is 3.88. The van der Waals surface area contributed by atoms with Crippen molar-refractivity contribution in [2.75, 3.05) is 12.9 Å². The molecule has 1 aromatic rings. The molecule has 0 saturated heterocycles. The number of benzene rings is 1. The SMILES string of the molecule is C=CCOC(=O)c1cc([N+](=O)[O-])cc(S(C)(=O)=O)c1. The van der Waals surface area contributed by atoms with Crippen LogP contribution in [-0.4, -0.2) is 32.2 Å². The van der Waals surface area contributed by atoms with Gasteiger partial charge in [-0.25, -0.2) is 13.2 Å². The first-order valence-corrected chi connectivity index (χ1v) is 6.92. The maximum absolute atomic E-state index is 11.6. The molecule has 19 heavy (non-hydrogen) atoms. The standard InChI is InChI=1S/C11H11NO6S/c1-3-4-18-11(13)8-5-9(12(14)15)7-10(6-8)19(2,16)17/h3,5-7H,1,4H2,2H3. The zero-order valence-corrected chi connectivity index (χ0v) is 10.8. The molecule has 0 N–H and O–H groups in total. The second kappa shape index (κ2) is 5.61. The Hall–Kier alpha value is -2.22. The largest absolute Gasteiger partial charge is 0.458 e. The van der Waals surface area contributed by atoms with E-state index in [0.717, 1.165) is 24.5 Å². The summed E-state index contributed by atoms with van der Waals surface area (Å²) in [6.07, 6.45) is 2.22. The van der Waals surface area contributed by atoms with Crippen LogP contribution in [0.5, 0.6) is 0 Å². The third-order valence-corrected chi connectivity index (χ3v) is 3.19. The van der Waals surface area contributed by atoms with E-state index in [2.05, 4.69) is 6.58 Å². The number of nitro groups is 1. The predicted octanol–water partition coefficient (Wildman–Crippen LogP) is 1.34. The van der Waals surface area contributed by atoms with E-state index < -0.39 is 26.4 Å². The Bertz CT molecular complexity index is 635. The molecule has 7 nitrogen and oxygen atoms in total. The first kappa shape index (κ1) is 14.8. The van der Waals surface area contributed by atoms with Gasteiger partial charge in [0.1, 0.15) is 6.61 Å². The van der Waals surface area contributed by atoms with Gasteiger partial charge in [0.15, 0.2) is 9.84 Å². The third-order valence-electron chi connectivity index (χ3n) is 2.10. The van der Waals surface area contributed by atoms with Gasteiger partial charge in [-0.05, 0) is 6.07 Å². The number of hydrogen-bond acceptors (Lipinski definition) is 6. The van der Waals surface area contributed by atoms with Crippen molar-refractivity contribution in [3.63, 3.8) is 0 Å². The average Bonchev–Trinajstić information content (AvgIpc) is 2.34. The topological polar surface area (TPSA) is 104 Å². The van der Waals surface area contributed by atoms with Crippen LogP contribution in [0.1, 0.15) is 10.4 Å². The summed E-state index contributed by atoms with van der Waals surface area (Å²) in [4.78, 5) is 21.2. The van der Waals surface area contributed by atoms with E-state index in [1.165, 1.54) is 6.08 Å². The van der Waals surface area contributed by atoms with Gasteiger partial charge in [0.2, 0.25) is 0 Å². The molecule has 0 spiro atoms. The van der Waals surface area contributed by atoms with Crippen molar-refractivity contribution in [2.24, 2.45) is 0 Å². The second-order valence-electron chi connectivity index (χ2n) is 3.63. The van der Waals surface area contributed by atoms with Gasteiger partial charge in [-0.1, -0.05) is 12.7 Å². The van der Waals surface area contributed by atoms with Crippen LogP contribution in [0.3, 0.4) is 0 Å². The summed E-state index contributed by atoms with van der Waals surface area (Å²) < 4.78 is 27.5.